The summed E-state index contributed by atoms with van der Waals surface area (Å²) in [5.74, 6) is 0.188. The third-order valence-electron chi connectivity index (χ3n) is 4.09. The zero-order valence-electron chi connectivity index (χ0n) is 11.9. The maximum Gasteiger partial charge on any atom is 0.242 e. The van der Waals surface area contributed by atoms with Gasteiger partial charge in [-0.15, -0.1) is 0 Å². The molecule has 0 aliphatic carbocycles. The first-order valence-corrected chi connectivity index (χ1v) is 7.73. The topological polar surface area (TPSA) is 51.3 Å². The first-order valence-electron chi connectivity index (χ1n) is 7.32. The van der Waals surface area contributed by atoms with Gasteiger partial charge in [0.25, 0.3) is 0 Å². The number of likely N-dealkylation sites (tertiary alicyclic amines) is 1. The number of benzene rings is 1. The van der Waals surface area contributed by atoms with E-state index in [0.29, 0.717) is 11.5 Å². The van der Waals surface area contributed by atoms with E-state index < -0.39 is 0 Å². The maximum atomic E-state index is 12.4. The molecule has 110 valence electrons. The van der Waals surface area contributed by atoms with Crippen LogP contribution in [0, 0.1) is 0 Å². The van der Waals surface area contributed by atoms with Crippen molar-refractivity contribution in [3.8, 4) is 0 Å². The molecule has 1 aromatic carbocycles. The second kappa shape index (κ2) is 5.85. The Morgan fingerprint density at radius 1 is 1.19 bits per heavy atom. The smallest absolute Gasteiger partial charge is 0.242 e. The van der Waals surface area contributed by atoms with Crippen molar-refractivity contribution < 1.29 is 4.79 Å². The van der Waals surface area contributed by atoms with Crippen molar-refractivity contribution in [2.45, 2.75) is 25.8 Å². The first-order chi connectivity index (χ1) is 10.2. The molecule has 1 fully saturated rings. The lowest BCUT2D eigenvalue weighted by atomic mass is 10.1. The summed E-state index contributed by atoms with van der Waals surface area (Å²) in [5, 5.41) is 1.01. The third kappa shape index (κ3) is 2.78. The Hall–Kier alpha value is -1.88. The van der Waals surface area contributed by atoms with Crippen molar-refractivity contribution >= 4 is 34.0 Å². The average Bonchev–Trinajstić information content (AvgIpc) is 2.91. The second-order valence-electron chi connectivity index (χ2n) is 5.49. The molecular formula is C16H19N3OS. The Balaban J connectivity index is 1.86. The van der Waals surface area contributed by atoms with Crippen molar-refractivity contribution in [2.24, 2.45) is 5.73 Å². The number of hydrogen-bond acceptors (Lipinski definition) is 2. The quantitative estimate of drug-likeness (QED) is 0.885. The highest BCUT2D eigenvalue weighted by Gasteiger charge is 2.17. The average molecular weight is 301 g/mol. The number of piperidine rings is 1. The lowest BCUT2D eigenvalue weighted by molar-refractivity contribution is -0.132. The van der Waals surface area contributed by atoms with Crippen LogP contribution in [0.5, 0.6) is 0 Å². The molecule has 0 radical (unpaired) electrons. The monoisotopic (exact) mass is 301 g/mol. The highest BCUT2D eigenvalue weighted by atomic mass is 32.1. The maximum absolute atomic E-state index is 12.4. The molecule has 2 aromatic rings. The van der Waals surface area contributed by atoms with Crippen molar-refractivity contribution in [1.29, 1.82) is 0 Å². The molecule has 4 nitrogen and oxygen atoms in total. The molecular weight excluding hydrogens is 282 g/mol. The fourth-order valence-corrected chi connectivity index (χ4v) is 3.14. The van der Waals surface area contributed by atoms with Crippen LogP contribution in [0.4, 0.5) is 0 Å². The molecule has 21 heavy (non-hydrogen) atoms. The van der Waals surface area contributed by atoms with Gasteiger partial charge in [-0.1, -0.05) is 24.4 Å². The molecule has 1 saturated heterocycles. The van der Waals surface area contributed by atoms with E-state index in [1.807, 2.05) is 39.9 Å². The molecule has 1 aromatic heterocycles. The van der Waals surface area contributed by atoms with Gasteiger partial charge in [-0.2, -0.15) is 0 Å². The van der Waals surface area contributed by atoms with E-state index in [1.54, 1.807) is 0 Å². The SMILES string of the molecule is NC(=S)c1cccc2c1ccn2CC(=O)N1CCCCC1. The number of nitrogens with zero attached hydrogens (tertiary/aromatic N) is 2. The van der Waals surface area contributed by atoms with Gasteiger partial charge in [0.1, 0.15) is 11.5 Å². The van der Waals surface area contributed by atoms with Crippen LogP contribution in [0.15, 0.2) is 30.5 Å². The molecule has 0 spiro atoms. The standard InChI is InChI=1S/C16H19N3OS/c17-16(21)13-5-4-6-14-12(13)7-10-19(14)11-15(20)18-8-2-1-3-9-18/h4-7,10H,1-3,8-9,11H2,(H2,17,21). The minimum Gasteiger partial charge on any atom is -0.389 e. The molecule has 0 atom stereocenters. The van der Waals surface area contributed by atoms with Crippen LogP contribution in [0.25, 0.3) is 10.9 Å². The van der Waals surface area contributed by atoms with Gasteiger partial charge in [0, 0.05) is 35.8 Å². The predicted molar refractivity (Wildman–Crippen MR) is 88.3 cm³/mol. The van der Waals surface area contributed by atoms with Gasteiger partial charge in [0.05, 0.1) is 0 Å². The van der Waals surface area contributed by atoms with Crippen LogP contribution >= 0.6 is 12.2 Å². The minimum atomic E-state index is 0.188. The van der Waals surface area contributed by atoms with E-state index in [9.17, 15) is 4.79 Å². The molecule has 0 bridgehead atoms. The predicted octanol–water partition coefficient (Wildman–Crippen LogP) is 2.29. The van der Waals surface area contributed by atoms with Gasteiger partial charge >= 0.3 is 0 Å². The molecule has 5 heteroatoms. The molecule has 0 unspecified atom stereocenters. The van der Waals surface area contributed by atoms with Crippen molar-refractivity contribution in [2.75, 3.05) is 13.1 Å². The largest absolute Gasteiger partial charge is 0.389 e. The number of carbonyl (C=O) groups is 1. The molecule has 2 N–H and O–H groups in total. The van der Waals surface area contributed by atoms with E-state index >= 15 is 0 Å². The number of carbonyl (C=O) groups excluding carboxylic acids is 1. The summed E-state index contributed by atoms with van der Waals surface area (Å²) >= 11 is 5.08. The molecule has 0 saturated carbocycles. The fraction of sp³-hybridized carbons (Fsp3) is 0.375. The lowest BCUT2D eigenvalue weighted by Gasteiger charge is -2.27. The van der Waals surface area contributed by atoms with Crippen molar-refractivity contribution in [1.82, 2.24) is 9.47 Å². The van der Waals surface area contributed by atoms with E-state index in [1.165, 1.54) is 6.42 Å². The number of amides is 1. The zero-order chi connectivity index (χ0) is 14.8. The number of aromatic nitrogens is 1. The van der Waals surface area contributed by atoms with E-state index in [2.05, 4.69) is 0 Å². The number of fused-ring (bicyclic) bond motifs is 1. The highest BCUT2D eigenvalue weighted by Crippen LogP contribution is 2.21. The minimum absolute atomic E-state index is 0.188. The number of nitrogens with two attached hydrogens (primary N) is 1. The highest BCUT2D eigenvalue weighted by molar-refractivity contribution is 7.80. The molecule has 1 amide bonds. The molecule has 1 aliphatic rings. The Morgan fingerprint density at radius 2 is 1.95 bits per heavy atom. The fourth-order valence-electron chi connectivity index (χ4n) is 2.97. The van der Waals surface area contributed by atoms with E-state index in [4.69, 9.17) is 18.0 Å². The summed E-state index contributed by atoms with van der Waals surface area (Å²) in [6.45, 7) is 2.15. The van der Waals surface area contributed by atoms with Crippen LogP contribution in [-0.4, -0.2) is 33.5 Å². The lowest BCUT2D eigenvalue weighted by Crippen LogP contribution is -2.37. The van der Waals surface area contributed by atoms with Gasteiger partial charge < -0.3 is 15.2 Å². The van der Waals surface area contributed by atoms with Crippen LogP contribution in [0.2, 0.25) is 0 Å². The normalized spacial score (nSPS) is 15.3. The van der Waals surface area contributed by atoms with Gasteiger partial charge in [-0.25, -0.2) is 0 Å². The van der Waals surface area contributed by atoms with Crippen LogP contribution < -0.4 is 5.73 Å². The summed E-state index contributed by atoms with van der Waals surface area (Å²) in [7, 11) is 0. The van der Waals surface area contributed by atoms with Crippen molar-refractivity contribution in [3.63, 3.8) is 0 Å². The van der Waals surface area contributed by atoms with Crippen LogP contribution in [0.3, 0.4) is 0 Å². The van der Waals surface area contributed by atoms with E-state index in [0.717, 1.165) is 42.4 Å². The number of rotatable bonds is 3. The summed E-state index contributed by atoms with van der Waals surface area (Å²) in [5.41, 5.74) is 7.63. The Bertz CT molecular complexity index is 686. The number of hydrogen-bond donors (Lipinski definition) is 1. The van der Waals surface area contributed by atoms with Gasteiger partial charge in [0.2, 0.25) is 5.91 Å². The second-order valence-corrected chi connectivity index (χ2v) is 5.93. The van der Waals surface area contributed by atoms with Crippen molar-refractivity contribution in [3.05, 3.63) is 36.0 Å². The summed E-state index contributed by atoms with van der Waals surface area (Å²) in [6, 6.07) is 7.83. The van der Waals surface area contributed by atoms with Gasteiger partial charge in [0.15, 0.2) is 0 Å². The summed E-state index contributed by atoms with van der Waals surface area (Å²) in [4.78, 5) is 14.7. The number of thiocarbonyl (C=S) groups is 1. The Kier molecular flexibility index (Phi) is 3.92. The third-order valence-corrected chi connectivity index (χ3v) is 4.31. The zero-order valence-corrected chi connectivity index (χ0v) is 12.7. The van der Waals surface area contributed by atoms with Crippen LogP contribution in [-0.2, 0) is 11.3 Å². The molecule has 2 heterocycles. The molecule has 3 rings (SSSR count). The Labute approximate surface area is 129 Å². The summed E-state index contributed by atoms with van der Waals surface area (Å²) < 4.78 is 1.98. The Morgan fingerprint density at radius 3 is 2.67 bits per heavy atom. The molecule has 1 aliphatic heterocycles. The first kappa shape index (κ1) is 14.1. The van der Waals surface area contributed by atoms with Crippen LogP contribution in [0.1, 0.15) is 24.8 Å². The van der Waals surface area contributed by atoms with Gasteiger partial charge in [-0.3, -0.25) is 4.79 Å². The summed E-state index contributed by atoms with van der Waals surface area (Å²) in [6.07, 6.45) is 5.40. The van der Waals surface area contributed by atoms with E-state index in [-0.39, 0.29) is 5.91 Å². The van der Waals surface area contributed by atoms with Gasteiger partial charge in [-0.05, 0) is 31.4 Å².